The molecule has 0 spiro atoms. The summed E-state index contributed by atoms with van der Waals surface area (Å²) in [6, 6.07) is 72.6. The van der Waals surface area contributed by atoms with E-state index in [-0.39, 0.29) is 0 Å². The number of methoxy groups -OCH3 is 4. The summed E-state index contributed by atoms with van der Waals surface area (Å²) in [7, 11) is 6.89. The van der Waals surface area contributed by atoms with Crippen LogP contribution in [0.4, 0.5) is 17.1 Å². The smallest absolute Gasteiger partial charge is 0.0700 e. The van der Waals surface area contributed by atoms with Crippen molar-refractivity contribution in [3.05, 3.63) is 228 Å². The molecule has 0 aliphatic heterocycles. The number of anilines is 3. The van der Waals surface area contributed by atoms with Crippen LogP contribution in [0.2, 0.25) is 0 Å². The molecule has 1 heterocycles. The zero-order valence-electron chi connectivity index (χ0n) is 51.9. The highest BCUT2D eigenvalue weighted by Crippen LogP contribution is 2.57. The highest BCUT2D eigenvalue weighted by Gasteiger charge is 2.45. The summed E-state index contributed by atoms with van der Waals surface area (Å²) in [5.74, 6) is 0. The molecule has 0 N–H and O–H groups in total. The summed E-state index contributed by atoms with van der Waals surface area (Å²) in [5.41, 5.74) is 23.2. The molecule has 12 rings (SSSR count). The Morgan fingerprint density at radius 2 is 0.705 bits per heavy atom. The third kappa shape index (κ3) is 12.1. The molecule has 0 unspecified atom stereocenters. The largest absolute Gasteiger partial charge is 0.382 e. The predicted octanol–water partition coefficient (Wildman–Crippen LogP) is 16.9. The summed E-state index contributed by atoms with van der Waals surface area (Å²) >= 11 is 0. The Morgan fingerprint density at radius 1 is 0.318 bits per heavy atom. The Bertz CT molecular complexity index is 3820. The van der Waals surface area contributed by atoms with E-state index in [1.165, 1.54) is 88.6 Å². The first-order chi connectivity index (χ1) is 43.3. The second-order valence-electron chi connectivity index (χ2n) is 23.5. The van der Waals surface area contributed by atoms with E-state index in [4.69, 9.17) is 37.9 Å². The fraction of sp³-hybridized carbons (Fsp3) is 0.308. The van der Waals surface area contributed by atoms with Gasteiger partial charge in [-0.2, -0.15) is 0 Å². The molecule has 0 saturated heterocycles. The van der Waals surface area contributed by atoms with E-state index in [1.54, 1.807) is 28.4 Å². The van der Waals surface area contributed by atoms with Crippen LogP contribution in [0.3, 0.4) is 0 Å². The van der Waals surface area contributed by atoms with Crippen molar-refractivity contribution in [1.29, 1.82) is 0 Å². The lowest BCUT2D eigenvalue weighted by molar-refractivity contribution is 0.0490. The molecule has 10 nitrogen and oxygen atoms in total. The van der Waals surface area contributed by atoms with Crippen LogP contribution in [-0.2, 0) is 48.7 Å². The lowest BCUT2D eigenvalue weighted by Crippen LogP contribution is -2.30. The minimum Gasteiger partial charge on any atom is -0.382 e. The number of fused-ring (bicyclic) bond motifs is 9. The van der Waals surface area contributed by atoms with Crippen molar-refractivity contribution in [1.82, 2.24) is 4.57 Å². The van der Waals surface area contributed by atoms with Gasteiger partial charge in [-0.05, 0) is 173 Å². The van der Waals surface area contributed by atoms with Crippen molar-refractivity contribution >= 4 is 38.9 Å². The molecule has 0 atom stereocenters. The molecule has 2 aliphatic carbocycles. The van der Waals surface area contributed by atoms with Gasteiger partial charge in [-0.1, -0.05) is 139 Å². The number of hydrogen-bond acceptors (Lipinski definition) is 9. The van der Waals surface area contributed by atoms with Crippen molar-refractivity contribution in [3.8, 4) is 50.2 Å². The molecular formula is C78H82N2O8. The van der Waals surface area contributed by atoms with Gasteiger partial charge in [0.15, 0.2) is 0 Å². The molecule has 0 radical (unpaired) electrons. The van der Waals surface area contributed by atoms with Crippen LogP contribution >= 0.6 is 0 Å². The molecule has 10 heteroatoms. The third-order valence-electron chi connectivity index (χ3n) is 18.3. The van der Waals surface area contributed by atoms with Crippen molar-refractivity contribution in [3.63, 3.8) is 0 Å². The molecule has 9 aromatic carbocycles. The fourth-order valence-electron chi connectivity index (χ4n) is 13.9. The lowest BCUT2D eigenvalue weighted by atomic mass is 9.72. The van der Waals surface area contributed by atoms with Gasteiger partial charge in [0.05, 0.1) is 63.9 Å². The van der Waals surface area contributed by atoms with Crippen LogP contribution in [0.5, 0.6) is 0 Å². The molecule has 452 valence electrons. The molecular weight excluding hydrogens is 1090 g/mol. The van der Waals surface area contributed by atoms with Gasteiger partial charge in [-0.15, -0.1) is 0 Å². The normalized spacial score (nSPS) is 13.5. The number of ether oxygens (including phenoxy) is 8. The quantitative estimate of drug-likeness (QED) is 0.0409. The van der Waals surface area contributed by atoms with Crippen LogP contribution < -0.4 is 4.90 Å². The first-order valence-corrected chi connectivity index (χ1v) is 31.2. The zero-order valence-corrected chi connectivity index (χ0v) is 51.9. The maximum absolute atomic E-state index is 6.38. The monoisotopic (exact) mass is 1170 g/mol. The zero-order chi connectivity index (χ0) is 60.5. The Balaban J connectivity index is 0.991. The first-order valence-electron chi connectivity index (χ1n) is 31.2. The minimum atomic E-state index is -0.409. The van der Waals surface area contributed by atoms with Gasteiger partial charge in [0.25, 0.3) is 0 Å². The maximum atomic E-state index is 6.38. The van der Waals surface area contributed by atoms with Crippen LogP contribution in [0.1, 0.15) is 59.1 Å². The number of rotatable bonds is 30. The average molecular weight is 1180 g/mol. The maximum Gasteiger partial charge on any atom is 0.0700 e. The van der Waals surface area contributed by atoms with Gasteiger partial charge in [-0.25, -0.2) is 0 Å². The molecule has 88 heavy (non-hydrogen) atoms. The standard InChI is InChI=1S/C78H82N2O8/c1-55-16-29-65-67-31-27-63(53-73(67)77(71(65)50-55,34-38-85-46-42-81-3)35-39-86-47-43-82-4)79(64-28-32-68-66-30-17-56(2)51-72(66)78(74(68)54-64,36-40-87-48-44-83-5)37-41-88-49-45-84-6)61-23-20-59(21-24-61)60-22-33-76-70(52-60)69-14-10-11-15-75(69)80(76)62-25-18-58(19-26-62)57-12-8-7-9-13-57/h7-33,50-54H,34-49H2,1-6H3. The van der Waals surface area contributed by atoms with Crippen molar-refractivity contribution in [2.24, 2.45) is 0 Å². The summed E-state index contributed by atoms with van der Waals surface area (Å²) in [6.07, 6.45) is 3.09. The molecule has 1 aromatic heterocycles. The number of benzene rings is 9. The van der Waals surface area contributed by atoms with E-state index in [9.17, 15) is 0 Å². The minimum absolute atomic E-state index is 0.409. The van der Waals surface area contributed by atoms with Crippen molar-refractivity contribution in [2.45, 2.75) is 50.4 Å². The summed E-state index contributed by atoms with van der Waals surface area (Å²) < 4.78 is 49.6. The van der Waals surface area contributed by atoms with Crippen LogP contribution in [0.15, 0.2) is 194 Å². The highest BCUT2D eigenvalue weighted by molar-refractivity contribution is 6.10. The lowest BCUT2D eigenvalue weighted by Gasteiger charge is -2.35. The average Bonchev–Trinajstić information content (AvgIpc) is 1.64. The van der Waals surface area contributed by atoms with Gasteiger partial charge >= 0.3 is 0 Å². The number of aromatic nitrogens is 1. The molecule has 0 amide bonds. The van der Waals surface area contributed by atoms with Crippen molar-refractivity contribution < 1.29 is 37.9 Å². The second kappa shape index (κ2) is 27.8. The third-order valence-corrected chi connectivity index (χ3v) is 18.3. The van der Waals surface area contributed by atoms with Crippen LogP contribution in [0, 0.1) is 13.8 Å². The predicted molar refractivity (Wildman–Crippen MR) is 357 cm³/mol. The number of aryl methyl sites for hydroxylation is 2. The summed E-state index contributed by atoms with van der Waals surface area (Å²) in [6.45, 7) is 10.9. The van der Waals surface area contributed by atoms with Gasteiger partial charge in [0, 0.05) is 99.2 Å². The topological polar surface area (TPSA) is 82.0 Å². The summed E-state index contributed by atoms with van der Waals surface area (Å²) in [4.78, 5) is 2.47. The number of para-hydroxylation sites is 1. The van der Waals surface area contributed by atoms with E-state index in [0.29, 0.717) is 79.3 Å². The molecule has 0 bridgehead atoms. The van der Waals surface area contributed by atoms with E-state index in [2.05, 4.69) is 217 Å². The van der Waals surface area contributed by atoms with Gasteiger partial charge in [0.1, 0.15) is 0 Å². The van der Waals surface area contributed by atoms with Gasteiger partial charge in [-0.3, -0.25) is 0 Å². The Labute approximate surface area is 519 Å². The fourth-order valence-corrected chi connectivity index (χ4v) is 13.9. The molecule has 0 fully saturated rings. The molecule has 2 aliphatic rings. The number of hydrogen-bond donors (Lipinski definition) is 0. The SMILES string of the molecule is COCCOCCC1(CCOCCOC)c2cc(C)ccc2-c2ccc(N(c3ccc(-c4ccc5c(c4)c4ccccc4n5-c4ccc(-c5ccccc5)cc4)cc3)c3ccc4c(c3)C(CCOCCOC)(CCOCCOC)c3cc(C)ccc3-4)cc21. The van der Waals surface area contributed by atoms with Crippen molar-refractivity contribution in [2.75, 3.05) is 113 Å². The van der Waals surface area contributed by atoms with Crippen LogP contribution in [0.25, 0.3) is 72.0 Å². The van der Waals surface area contributed by atoms with E-state index in [0.717, 1.165) is 59.6 Å². The van der Waals surface area contributed by atoms with E-state index < -0.39 is 10.8 Å². The number of nitrogens with zero attached hydrogens (tertiary/aromatic N) is 2. The molecule has 10 aromatic rings. The Morgan fingerprint density at radius 3 is 1.19 bits per heavy atom. The van der Waals surface area contributed by atoms with Gasteiger partial charge in [0.2, 0.25) is 0 Å². The van der Waals surface area contributed by atoms with E-state index >= 15 is 0 Å². The highest BCUT2D eigenvalue weighted by atomic mass is 16.5. The Kier molecular flexibility index (Phi) is 19.1. The second-order valence-corrected chi connectivity index (χ2v) is 23.5. The van der Waals surface area contributed by atoms with E-state index in [1.807, 2.05) is 0 Å². The first kappa shape index (κ1) is 60.5. The van der Waals surface area contributed by atoms with Crippen LogP contribution in [-0.4, -0.2) is 112 Å². The summed E-state index contributed by atoms with van der Waals surface area (Å²) in [5, 5.41) is 2.43. The Hall–Kier alpha value is -7.74. The molecule has 0 saturated carbocycles. The van der Waals surface area contributed by atoms with Gasteiger partial charge < -0.3 is 47.4 Å².